The van der Waals surface area contributed by atoms with Crippen LogP contribution in [0.2, 0.25) is 0 Å². The van der Waals surface area contributed by atoms with E-state index in [4.69, 9.17) is 17.9 Å². The molecule has 0 saturated carbocycles. The van der Waals surface area contributed by atoms with Gasteiger partial charge in [0.05, 0.1) is 19.8 Å². The molecular formula is C26H30N2O5. The van der Waals surface area contributed by atoms with Gasteiger partial charge in [-0.15, -0.1) is 0 Å². The van der Waals surface area contributed by atoms with Crippen LogP contribution in [0.4, 0.5) is 11.4 Å². The maximum absolute atomic E-state index is 11.6. The highest BCUT2D eigenvalue weighted by atomic mass is 16.5. The molecule has 7 nitrogen and oxygen atoms in total. The summed E-state index contributed by atoms with van der Waals surface area (Å²) in [4.78, 5) is 39.8. The lowest BCUT2D eigenvalue weighted by atomic mass is 10.1. The average molecular weight is 451 g/mol. The molecular weight excluding hydrogens is 420 g/mol. The second-order valence-corrected chi connectivity index (χ2v) is 6.60. The third-order valence-electron chi connectivity index (χ3n) is 4.16. The first-order valence-electron chi connectivity index (χ1n) is 10.1. The molecule has 0 bridgehead atoms. The van der Waals surface area contributed by atoms with E-state index in [2.05, 4.69) is 14.4 Å². The number of benzene rings is 2. The fourth-order valence-corrected chi connectivity index (χ4v) is 2.45. The highest BCUT2D eigenvalue weighted by Gasteiger charge is 2.12. The molecule has 2 aromatic rings. The van der Waals surface area contributed by atoms with E-state index in [-0.39, 0.29) is 32.0 Å². The molecule has 1 saturated heterocycles. The summed E-state index contributed by atoms with van der Waals surface area (Å²) in [6.07, 6.45) is 2.30. The third kappa shape index (κ3) is 12.0. The quantitative estimate of drug-likeness (QED) is 0.233. The van der Waals surface area contributed by atoms with Gasteiger partial charge in [-0.2, -0.15) is 0 Å². The summed E-state index contributed by atoms with van der Waals surface area (Å²) < 4.78 is 9.62. The fraction of sp³-hybridized carbons (Fsp3) is 0.346. The molecule has 2 aromatic carbocycles. The van der Waals surface area contributed by atoms with Crippen molar-refractivity contribution in [3.63, 3.8) is 0 Å². The van der Waals surface area contributed by atoms with Crippen molar-refractivity contribution in [3.8, 4) is 0 Å². The zero-order valence-corrected chi connectivity index (χ0v) is 18.3. The molecule has 7 heteroatoms. The van der Waals surface area contributed by atoms with Crippen LogP contribution in [0.15, 0.2) is 48.5 Å². The molecule has 0 spiro atoms. The second-order valence-electron chi connectivity index (χ2n) is 6.60. The summed E-state index contributed by atoms with van der Waals surface area (Å²) in [6.45, 7) is 18.9. The van der Waals surface area contributed by atoms with Gasteiger partial charge in [0.15, 0.2) is 22.9 Å². The van der Waals surface area contributed by atoms with Crippen molar-refractivity contribution in [1.82, 2.24) is 0 Å². The van der Waals surface area contributed by atoms with Crippen molar-refractivity contribution in [2.75, 3.05) is 19.8 Å². The van der Waals surface area contributed by atoms with Crippen LogP contribution in [0.3, 0.4) is 0 Å². The maximum atomic E-state index is 11.6. The Kier molecular flexibility index (Phi) is 14.9. The lowest BCUT2D eigenvalue weighted by molar-refractivity contribution is -0.141. The number of nitrogens with zero attached hydrogens (tertiary/aromatic N) is 2. The third-order valence-corrected chi connectivity index (χ3v) is 4.16. The molecule has 0 aromatic heterocycles. The number of ketones is 2. The van der Waals surface area contributed by atoms with E-state index >= 15 is 0 Å². The molecule has 1 heterocycles. The Morgan fingerprint density at radius 1 is 0.879 bits per heavy atom. The molecule has 0 atom stereocenters. The average Bonchev–Trinajstić information content (AvgIpc) is 3.40. The van der Waals surface area contributed by atoms with Gasteiger partial charge in [-0.1, -0.05) is 56.0 Å². The number of rotatable bonds is 5. The van der Waals surface area contributed by atoms with Crippen molar-refractivity contribution in [3.05, 3.63) is 82.5 Å². The van der Waals surface area contributed by atoms with Crippen LogP contribution in [0, 0.1) is 13.1 Å². The van der Waals surface area contributed by atoms with Crippen molar-refractivity contribution in [2.45, 2.75) is 40.5 Å². The molecule has 0 radical (unpaired) electrons. The monoisotopic (exact) mass is 450 g/mol. The lowest BCUT2D eigenvalue weighted by Crippen LogP contribution is -2.11. The smallest absolute Gasteiger partial charge is 0.313 e. The minimum Gasteiger partial charge on any atom is -0.466 e. The first-order valence-corrected chi connectivity index (χ1v) is 10.1. The van der Waals surface area contributed by atoms with Crippen LogP contribution < -0.4 is 0 Å². The number of Topliss-reactive ketones (excluding diaryl/α,β-unsaturated/α-hetero) is 2. The van der Waals surface area contributed by atoms with Crippen LogP contribution in [0.25, 0.3) is 9.69 Å². The number of carbonyl (C=O) groups excluding carboxylic acids is 3. The summed E-state index contributed by atoms with van der Waals surface area (Å²) in [5.74, 6) is -0.793. The van der Waals surface area contributed by atoms with Crippen LogP contribution in [-0.2, 0) is 14.3 Å². The molecule has 0 unspecified atom stereocenters. The minimum absolute atomic E-state index is 0. The lowest BCUT2D eigenvalue weighted by Gasteiger charge is -2.01. The van der Waals surface area contributed by atoms with E-state index in [1.165, 1.54) is 31.9 Å². The molecule has 1 aliphatic heterocycles. The van der Waals surface area contributed by atoms with Crippen LogP contribution in [0.1, 0.15) is 61.3 Å². The van der Waals surface area contributed by atoms with Crippen molar-refractivity contribution >= 4 is 28.9 Å². The van der Waals surface area contributed by atoms with Gasteiger partial charge in [-0.05, 0) is 26.7 Å². The predicted molar refractivity (Wildman–Crippen MR) is 128 cm³/mol. The zero-order chi connectivity index (χ0) is 23.8. The van der Waals surface area contributed by atoms with Crippen LogP contribution >= 0.6 is 0 Å². The Morgan fingerprint density at radius 3 is 1.67 bits per heavy atom. The zero-order valence-electron chi connectivity index (χ0n) is 18.3. The summed E-state index contributed by atoms with van der Waals surface area (Å²) >= 11 is 0. The number of hydrogen-bond donors (Lipinski definition) is 0. The largest absolute Gasteiger partial charge is 0.466 e. The molecule has 0 aliphatic carbocycles. The Morgan fingerprint density at radius 2 is 1.33 bits per heavy atom. The van der Waals surface area contributed by atoms with Gasteiger partial charge in [-0.25, -0.2) is 9.69 Å². The van der Waals surface area contributed by atoms with E-state index in [1.54, 1.807) is 43.3 Å². The summed E-state index contributed by atoms with van der Waals surface area (Å²) in [5.41, 5.74) is 2.10. The standard InChI is InChI=1S/C12H11NO3.C9H7NO.C4H8O.CH4/c1-3-16-12(15)8-11(14)9-4-6-10(13-2)7-5-9;1-7(11)8-3-5-9(10-2)6-4-8;1-2-4-5-3-1;/h4-7H,3,8H2,1H3;3-6H,1H3;1-4H2;1H4. The van der Waals surface area contributed by atoms with Gasteiger partial charge in [0.2, 0.25) is 0 Å². The summed E-state index contributed by atoms with van der Waals surface area (Å²) in [5, 5.41) is 0. The molecule has 1 aliphatic rings. The van der Waals surface area contributed by atoms with Crippen LogP contribution in [-0.4, -0.2) is 37.4 Å². The molecule has 1 fully saturated rings. The maximum Gasteiger partial charge on any atom is 0.313 e. The number of carbonyl (C=O) groups is 3. The minimum atomic E-state index is -0.526. The van der Waals surface area contributed by atoms with Gasteiger partial charge in [0.25, 0.3) is 0 Å². The van der Waals surface area contributed by atoms with Crippen molar-refractivity contribution in [1.29, 1.82) is 0 Å². The van der Waals surface area contributed by atoms with Gasteiger partial charge in [-0.3, -0.25) is 14.4 Å². The number of hydrogen-bond acceptors (Lipinski definition) is 5. The summed E-state index contributed by atoms with van der Waals surface area (Å²) in [7, 11) is 0. The van der Waals surface area contributed by atoms with E-state index < -0.39 is 5.97 Å². The summed E-state index contributed by atoms with van der Waals surface area (Å²) in [6, 6.07) is 12.8. The highest BCUT2D eigenvalue weighted by molar-refractivity contribution is 6.06. The highest BCUT2D eigenvalue weighted by Crippen LogP contribution is 2.14. The Hall–Kier alpha value is -3.81. The topological polar surface area (TPSA) is 78.4 Å². The van der Waals surface area contributed by atoms with Crippen molar-refractivity contribution < 1.29 is 23.9 Å². The molecule has 174 valence electrons. The van der Waals surface area contributed by atoms with Gasteiger partial charge in [0.1, 0.15) is 6.42 Å². The Bertz CT molecular complexity index is 956. The van der Waals surface area contributed by atoms with E-state index in [0.29, 0.717) is 22.5 Å². The molecule has 33 heavy (non-hydrogen) atoms. The van der Waals surface area contributed by atoms with Gasteiger partial charge < -0.3 is 9.47 Å². The molecule has 0 amide bonds. The number of esters is 1. The predicted octanol–water partition coefficient (Wildman–Crippen LogP) is 6.25. The second kappa shape index (κ2) is 16.8. The molecule has 0 N–H and O–H groups in total. The van der Waals surface area contributed by atoms with Crippen LogP contribution in [0.5, 0.6) is 0 Å². The van der Waals surface area contributed by atoms with Gasteiger partial charge >= 0.3 is 5.97 Å². The van der Waals surface area contributed by atoms with E-state index in [9.17, 15) is 14.4 Å². The number of ether oxygens (including phenoxy) is 2. The van der Waals surface area contributed by atoms with Crippen molar-refractivity contribution in [2.24, 2.45) is 0 Å². The first-order chi connectivity index (χ1) is 15.4. The first kappa shape index (κ1) is 29.2. The Labute approximate surface area is 196 Å². The van der Waals surface area contributed by atoms with Gasteiger partial charge in [0, 0.05) is 24.3 Å². The van der Waals surface area contributed by atoms with E-state index in [1.807, 2.05) is 0 Å². The normalized spacial score (nSPS) is 11.0. The fourth-order valence-electron chi connectivity index (χ4n) is 2.45. The molecule has 3 rings (SSSR count). The van der Waals surface area contributed by atoms with E-state index in [0.717, 1.165) is 13.2 Å². The SMILES string of the molecule is C.C1CCOC1.[C-]#[N+]c1ccc(C(=O)CC(=O)OCC)cc1.[C-]#[N+]c1ccc(C(C)=O)cc1. The Balaban J connectivity index is 0.000000518.